The Morgan fingerprint density at radius 1 is 1.10 bits per heavy atom. The highest BCUT2D eigenvalue weighted by Crippen LogP contribution is 2.29. The van der Waals surface area contributed by atoms with Crippen molar-refractivity contribution in [3.8, 4) is 11.3 Å². The molecule has 20 heavy (non-hydrogen) atoms. The molecule has 3 rings (SSSR count). The summed E-state index contributed by atoms with van der Waals surface area (Å²) in [4.78, 5) is 11.4. The molecule has 0 aliphatic heterocycles. The van der Waals surface area contributed by atoms with E-state index < -0.39 is 0 Å². The maximum Gasteiger partial charge on any atom is 0.222 e. The summed E-state index contributed by atoms with van der Waals surface area (Å²) in [6, 6.07) is 12.0. The summed E-state index contributed by atoms with van der Waals surface area (Å²) < 4.78 is 0. The number of rotatable bonds is 3. The third-order valence-corrected chi connectivity index (χ3v) is 3.38. The smallest absolute Gasteiger partial charge is 0.222 e. The van der Waals surface area contributed by atoms with E-state index in [0.717, 1.165) is 22.4 Å². The first-order valence-electron chi connectivity index (χ1n) is 6.23. The largest absolute Gasteiger partial charge is 0.368 e. The Labute approximate surface area is 121 Å². The number of nitrogen functional groups attached to an aromatic ring is 1. The number of benzene rings is 1. The monoisotopic (exact) mass is 284 g/mol. The highest BCUT2D eigenvalue weighted by Gasteiger charge is 2.14. The molecular formula is C15H13ClN4. The lowest BCUT2D eigenvalue weighted by molar-refractivity contribution is 1.09. The van der Waals surface area contributed by atoms with Crippen LogP contribution in [0.15, 0.2) is 48.8 Å². The molecule has 3 N–H and O–H groups in total. The third kappa shape index (κ3) is 2.51. The number of aromatic nitrogens is 3. The average Bonchev–Trinajstić information content (AvgIpc) is 2.96. The van der Waals surface area contributed by atoms with Gasteiger partial charge in [-0.2, -0.15) is 0 Å². The third-order valence-electron chi connectivity index (χ3n) is 3.07. The van der Waals surface area contributed by atoms with Crippen LogP contribution in [-0.2, 0) is 6.42 Å². The van der Waals surface area contributed by atoms with E-state index in [1.165, 1.54) is 0 Å². The summed E-state index contributed by atoms with van der Waals surface area (Å²) in [5.74, 6) is 0.183. The van der Waals surface area contributed by atoms with Crippen LogP contribution in [0, 0.1) is 0 Å². The van der Waals surface area contributed by atoms with E-state index in [0.29, 0.717) is 11.6 Å². The predicted octanol–water partition coefficient (Wildman–Crippen LogP) is 3.30. The second-order valence-corrected chi connectivity index (χ2v) is 4.82. The van der Waals surface area contributed by atoms with E-state index in [9.17, 15) is 0 Å². The zero-order valence-electron chi connectivity index (χ0n) is 10.7. The number of nitrogens with zero attached hydrogens (tertiary/aromatic N) is 2. The molecule has 0 saturated carbocycles. The lowest BCUT2D eigenvalue weighted by Gasteiger charge is -2.10. The first kappa shape index (κ1) is 12.7. The van der Waals surface area contributed by atoms with Crippen molar-refractivity contribution in [1.82, 2.24) is 15.0 Å². The second kappa shape index (κ2) is 5.35. The van der Waals surface area contributed by atoms with Crippen LogP contribution in [0.2, 0.25) is 5.15 Å². The van der Waals surface area contributed by atoms with Gasteiger partial charge in [-0.25, -0.2) is 9.97 Å². The number of anilines is 1. The van der Waals surface area contributed by atoms with Crippen molar-refractivity contribution in [3.05, 3.63) is 65.1 Å². The van der Waals surface area contributed by atoms with Crippen LogP contribution in [0.25, 0.3) is 11.3 Å². The number of nitrogens with one attached hydrogen (secondary N) is 1. The zero-order valence-corrected chi connectivity index (χ0v) is 11.4. The Kier molecular flexibility index (Phi) is 3.39. The molecule has 3 aromatic rings. The SMILES string of the molecule is Nc1nc(Cl)c(Cc2ccccc2)c(-c2cc[nH]c2)n1. The fraction of sp³-hybridized carbons (Fsp3) is 0.0667. The van der Waals surface area contributed by atoms with E-state index in [4.69, 9.17) is 17.3 Å². The van der Waals surface area contributed by atoms with Gasteiger partial charge in [-0.3, -0.25) is 0 Å². The van der Waals surface area contributed by atoms with Crippen molar-refractivity contribution in [2.75, 3.05) is 5.73 Å². The second-order valence-electron chi connectivity index (χ2n) is 4.46. The van der Waals surface area contributed by atoms with Gasteiger partial charge >= 0.3 is 0 Å². The molecule has 2 aromatic heterocycles. The van der Waals surface area contributed by atoms with E-state index >= 15 is 0 Å². The van der Waals surface area contributed by atoms with Gasteiger partial charge in [0.15, 0.2) is 0 Å². The summed E-state index contributed by atoms with van der Waals surface area (Å²) in [7, 11) is 0. The molecule has 0 radical (unpaired) electrons. The number of hydrogen-bond acceptors (Lipinski definition) is 3. The standard InChI is InChI=1S/C15H13ClN4/c16-14-12(8-10-4-2-1-3-5-10)13(19-15(17)20-14)11-6-7-18-9-11/h1-7,9,18H,8H2,(H2,17,19,20). The number of aromatic amines is 1. The quantitative estimate of drug-likeness (QED) is 0.725. The first-order chi connectivity index (χ1) is 9.74. The summed E-state index contributed by atoms with van der Waals surface area (Å²) in [6.45, 7) is 0. The Morgan fingerprint density at radius 3 is 2.60 bits per heavy atom. The molecule has 0 aliphatic rings. The highest BCUT2D eigenvalue weighted by molar-refractivity contribution is 6.30. The topological polar surface area (TPSA) is 67.6 Å². The number of H-pyrrole nitrogens is 1. The van der Waals surface area contributed by atoms with Gasteiger partial charge in [0.1, 0.15) is 5.15 Å². The van der Waals surface area contributed by atoms with Crippen LogP contribution in [0.5, 0.6) is 0 Å². The predicted molar refractivity (Wildman–Crippen MR) is 80.5 cm³/mol. The summed E-state index contributed by atoms with van der Waals surface area (Å²) in [6.07, 6.45) is 4.38. The zero-order chi connectivity index (χ0) is 13.9. The molecule has 0 aliphatic carbocycles. The van der Waals surface area contributed by atoms with Crippen LogP contribution in [0.3, 0.4) is 0 Å². The van der Waals surface area contributed by atoms with E-state index in [1.807, 2.05) is 48.8 Å². The Bertz CT molecular complexity index is 708. The highest BCUT2D eigenvalue weighted by atomic mass is 35.5. The van der Waals surface area contributed by atoms with Gasteiger partial charge < -0.3 is 10.7 Å². The van der Waals surface area contributed by atoms with Gasteiger partial charge in [0, 0.05) is 29.9 Å². The summed E-state index contributed by atoms with van der Waals surface area (Å²) in [5.41, 5.74) is 9.47. The molecule has 100 valence electrons. The lowest BCUT2D eigenvalue weighted by atomic mass is 10.0. The van der Waals surface area contributed by atoms with E-state index in [2.05, 4.69) is 15.0 Å². The molecule has 5 heteroatoms. The minimum atomic E-state index is 0.183. The lowest BCUT2D eigenvalue weighted by Crippen LogP contribution is -2.03. The molecule has 4 nitrogen and oxygen atoms in total. The van der Waals surface area contributed by atoms with Crippen molar-refractivity contribution in [2.45, 2.75) is 6.42 Å². The molecule has 0 spiro atoms. The maximum absolute atomic E-state index is 6.26. The average molecular weight is 285 g/mol. The van der Waals surface area contributed by atoms with Crippen LogP contribution < -0.4 is 5.73 Å². The van der Waals surface area contributed by atoms with Crippen LogP contribution in [-0.4, -0.2) is 15.0 Å². The fourth-order valence-corrected chi connectivity index (χ4v) is 2.38. The van der Waals surface area contributed by atoms with Crippen molar-refractivity contribution >= 4 is 17.5 Å². The molecule has 0 fully saturated rings. The van der Waals surface area contributed by atoms with Crippen molar-refractivity contribution in [3.63, 3.8) is 0 Å². The van der Waals surface area contributed by atoms with E-state index in [-0.39, 0.29) is 5.95 Å². The first-order valence-corrected chi connectivity index (χ1v) is 6.61. The van der Waals surface area contributed by atoms with Crippen molar-refractivity contribution < 1.29 is 0 Å². The molecule has 2 heterocycles. The summed E-state index contributed by atoms with van der Waals surface area (Å²) in [5, 5.41) is 0.401. The molecule has 0 saturated heterocycles. The number of halogens is 1. The van der Waals surface area contributed by atoms with Gasteiger partial charge in [-0.05, 0) is 11.6 Å². The van der Waals surface area contributed by atoms with Crippen molar-refractivity contribution in [1.29, 1.82) is 0 Å². The van der Waals surface area contributed by atoms with Gasteiger partial charge in [0.05, 0.1) is 5.69 Å². The fourth-order valence-electron chi connectivity index (χ4n) is 2.14. The number of hydrogen-bond donors (Lipinski definition) is 2. The summed E-state index contributed by atoms with van der Waals surface area (Å²) >= 11 is 6.26. The molecule has 0 unspecified atom stereocenters. The van der Waals surface area contributed by atoms with Crippen LogP contribution in [0.1, 0.15) is 11.1 Å². The number of nitrogens with two attached hydrogens (primary N) is 1. The Balaban J connectivity index is 2.09. The maximum atomic E-state index is 6.26. The van der Waals surface area contributed by atoms with Crippen LogP contribution >= 0.6 is 11.6 Å². The molecule has 1 aromatic carbocycles. The van der Waals surface area contributed by atoms with Gasteiger partial charge in [-0.1, -0.05) is 41.9 Å². The minimum Gasteiger partial charge on any atom is -0.368 e. The van der Waals surface area contributed by atoms with Gasteiger partial charge in [0.2, 0.25) is 5.95 Å². The van der Waals surface area contributed by atoms with Gasteiger partial charge in [-0.15, -0.1) is 0 Å². The molecule has 0 atom stereocenters. The van der Waals surface area contributed by atoms with E-state index in [1.54, 1.807) is 0 Å². The van der Waals surface area contributed by atoms with Gasteiger partial charge in [0.25, 0.3) is 0 Å². The van der Waals surface area contributed by atoms with Crippen molar-refractivity contribution in [2.24, 2.45) is 0 Å². The minimum absolute atomic E-state index is 0.183. The normalized spacial score (nSPS) is 10.7. The Hall–Kier alpha value is -2.33. The van der Waals surface area contributed by atoms with Crippen LogP contribution in [0.4, 0.5) is 5.95 Å². The Morgan fingerprint density at radius 2 is 1.90 bits per heavy atom. The molecule has 0 amide bonds. The molecule has 0 bridgehead atoms. The molecular weight excluding hydrogens is 272 g/mol.